The van der Waals surface area contributed by atoms with Gasteiger partial charge >= 0.3 is 0 Å². The van der Waals surface area contributed by atoms with E-state index in [1.165, 1.54) is 5.56 Å². The van der Waals surface area contributed by atoms with E-state index in [2.05, 4.69) is 10.1 Å². The first-order chi connectivity index (χ1) is 13.1. The minimum Gasteiger partial charge on any atom is -0.339 e. The summed E-state index contributed by atoms with van der Waals surface area (Å²) in [6.07, 6.45) is 1.89. The van der Waals surface area contributed by atoms with Gasteiger partial charge in [0.1, 0.15) is 0 Å². The highest BCUT2D eigenvalue weighted by Gasteiger charge is 2.29. The van der Waals surface area contributed by atoms with Crippen LogP contribution in [-0.4, -0.2) is 34.0 Å². The Morgan fingerprint density at radius 2 is 1.70 bits per heavy atom. The smallest absolute Gasteiger partial charge is 0.253 e. The fourth-order valence-corrected chi connectivity index (χ4v) is 3.46. The van der Waals surface area contributed by atoms with Crippen molar-refractivity contribution in [1.82, 2.24) is 15.0 Å². The van der Waals surface area contributed by atoms with Crippen LogP contribution in [0.25, 0.3) is 11.4 Å². The van der Waals surface area contributed by atoms with Crippen molar-refractivity contribution in [2.75, 3.05) is 13.1 Å². The molecule has 4 rings (SSSR count). The van der Waals surface area contributed by atoms with Crippen LogP contribution in [0.3, 0.4) is 0 Å². The number of piperidine rings is 1. The number of benzene rings is 2. The summed E-state index contributed by atoms with van der Waals surface area (Å²) in [5.41, 5.74) is 4.02. The van der Waals surface area contributed by atoms with Gasteiger partial charge in [0, 0.05) is 24.2 Å². The van der Waals surface area contributed by atoms with E-state index in [-0.39, 0.29) is 11.8 Å². The van der Waals surface area contributed by atoms with E-state index in [0.717, 1.165) is 36.1 Å². The van der Waals surface area contributed by atoms with Gasteiger partial charge in [-0.05, 0) is 38.8 Å². The van der Waals surface area contributed by atoms with Crippen LogP contribution in [0.2, 0.25) is 0 Å². The largest absolute Gasteiger partial charge is 0.339 e. The Balaban J connectivity index is 1.49. The number of hydrogen-bond acceptors (Lipinski definition) is 4. The van der Waals surface area contributed by atoms with Gasteiger partial charge in [-0.3, -0.25) is 4.79 Å². The van der Waals surface area contributed by atoms with Crippen LogP contribution in [0.4, 0.5) is 0 Å². The van der Waals surface area contributed by atoms with Crippen LogP contribution in [0, 0.1) is 13.8 Å². The fraction of sp³-hybridized carbons (Fsp3) is 0.318. The monoisotopic (exact) mass is 361 g/mol. The summed E-state index contributed by atoms with van der Waals surface area (Å²) in [6.45, 7) is 5.45. The highest BCUT2D eigenvalue weighted by molar-refractivity contribution is 5.94. The average Bonchev–Trinajstić information content (AvgIpc) is 3.19. The maximum absolute atomic E-state index is 12.8. The third kappa shape index (κ3) is 3.77. The molecule has 1 aromatic heterocycles. The van der Waals surface area contributed by atoms with Crippen molar-refractivity contribution >= 4 is 5.91 Å². The van der Waals surface area contributed by atoms with Gasteiger partial charge in [-0.25, -0.2) is 0 Å². The zero-order valence-electron chi connectivity index (χ0n) is 15.7. The fourth-order valence-electron chi connectivity index (χ4n) is 3.46. The lowest BCUT2D eigenvalue weighted by Gasteiger charge is -2.31. The van der Waals surface area contributed by atoms with Crippen LogP contribution >= 0.6 is 0 Å². The molecule has 2 heterocycles. The van der Waals surface area contributed by atoms with Crippen molar-refractivity contribution in [1.29, 1.82) is 0 Å². The molecule has 0 radical (unpaired) electrons. The molecule has 1 aliphatic rings. The lowest BCUT2D eigenvalue weighted by atomic mass is 9.97. The Hall–Kier alpha value is -2.95. The zero-order chi connectivity index (χ0) is 18.8. The predicted molar refractivity (Wildman–Crippen MR) is 104 cm³/mol. The molecule has 27 heavy (non-hydrogen) atoms. The molecule has 0 aliphatic carbocycles. The number of likely N-dealkylation sites (tertiary alicyclic amines) is 1. The topological polar surface area (TPSA) is 59.2 Å². The average molecular weight is 361 g/mol. The van der Waals surface area contributed by atoms with Gasteiger partial charge in [0.2, 0.25) is 11.7 Å². The second-order valence-electron chi connectivity index (χ2n) is 7.28. The van der Waals surface area contributed by atoms with Crippen molar-refractivity contribution in [3.8, 4) is 11.4 Å². The summed E-state index contributed by atoms with van der Waals surface area (Å²) in [5, 5.41) is 4.14. The van der Waals surface area contributed by atoms with Gasteiger partial charge in [-0.15, -0.1) is 0 Å². The number of rotatable bonds is 3. The van der Waals surface area contributed by atoms with E-state index < -0.39 is 0 Å². The number of hydrogen-bond donors (Lipinski definition) is 0. The molecule has 1 fully saturated rings. The van der Waals surface area contributed by atoms with Gasteiger partial charge in [0.25, 0.3) is 5.91 Å². The van der Waals surface area contributed by atoms with Crippen molar-refractivity contribution in [3.63, 3.8) is 0 Å². The molecule has 1 amide bonds. The number of aryl methyl sites for hydroxylation is 2. The Morgan fingerprint density at radius 1 is 1.04 bits per heavy atom. The van der Waals surface area contributed by atoms with Crippen molar-refractivity contribution in [3.05, 3.63) is 71.1 Å². The number of amides is 1. The molecule has 1 unspecified atom stereocenters. The predicted octanol–water partition coefficient (Wildman–Crippen LogP) is 4.37. The quantitative estimate of drug-likeness (QED) is 0.695. The van der Waals surface area contributed by atoms with E-state index in [0.29, 0.717) is 18.3 Å². The van der Waals surface area contributed by atoms with Crippen LogP contribution in [-0.2, 0) is 0 Å². The lowest BCUT2D eigenvalue weighted by molar-refractivity contribution is 0.0695. The normalized spacial score (nSPS) is 17.1. The second kappa shape index (κ2) is 7.35. The van der Waals surface area contributed by atoms with Crippen molar-refractivity contribution in [2.45, 2.75) is 32.6 Å². The Morgan fingerprint density at radius 3 is 2.41 bits per heavy atom. The molecule has 3 aromatic rings. The molecule has 0 bridgehead atoms. The highest BCUT2D eigenvalue weighted by atomic mass is 16.5. The summed E-state index contributed by atoms with van der Waals surface area (Å²) in [4.78, 5) is 19.3. The molecule has 2 aromatic carbocycles. The summed E-state index contributed by atoms with van der Waals surface area (Å²) in [5.74, 6) is 1.37. The maximum atomic E-state index is 12.8. The highest BCUT2D eigenvalue weighted by Crippen LogP contribution is 2.28. The van der Waals surface area contributed by atoms with Crippen molar-refractivity contribution < 1.29 is 9.32 Å². The van der Waals surface area contributed by atoms with Crippen LogP contribution in [0.1, 0.15) is 46.1 Å². The van der Waals surface area contributed by atoms with Crippen LogP contribution < -0.4 is 0 Å². The van der Waals surface area contributed by atoms with Gasteiger partial charge < -0.3 is 9.42 Å². The van der Waals surface area contributed by atoms with E-state index >= 15 is 0 Å². The van der Waals surface area contributed by atoms with E-state index in [4.69, 9.17) is 4.52 Å². The molecule has 138 valence electrons. The molecule has 1 saturated heterocycles. The molecule has 0 N–H and O–H groups in total. The molecular formula is C22H23N3O2. The maximum Gasteiger partial charge on any atom is 0.253 e. The zero-order valence-corrected chi connectivity index (χ0v) is 15.7. The van der Waals surface area contributed by atoms with E-state index in [1.54, 1.807) is 0 Å². The molecule has 0 spiro atoms. The number of carbonyl (C=O) groups excluding carboxylic acids is 1. The number of carbonyl (C=O) groups is 1. The first kappa shape index (κ1) is 17.5. The lowest BCUT2D eigenvalue weighted by Crippen LogP contribution is -2.39. The van der Waals surface area contributed by atoms with Crippen molar-refractivity contribution in [2.24, 2.45) is 0 Å². The summed E-state index contributed by atoms with van der Waals surface area (Å²) < 4.78 is 5.54. The molecule has 1 atom stereocenters. The Kier molecular flexibility index (Phi) is 4.75. The van der Waals surface area contributed by atoms with E-state index in [9.17, 15) is 4.79 Å². The van der Waals surface area contributed by atoms with E-state index in [1.807, 2.05) is 67.3 Å². The molecule has 1 aliphatic heterocycles. The van der Waals surface area contributed by atoms with Gasteiger partial charge in [-0.1, -0.05) is 52.7 Å². The first-order valence-corrected chi connectivity index (χ1v) is 9.37. The second-order valence-corrected chi connectivity index (χ2v) is 7.28. The van der Waals surface area contributed by atoms with Gasteiger partial charge in [-0.2, -0.15) is 4.98 Å². The Labute approximate surface area is 159 Å². The summed E-state index contributed by atoms with van der Waals surface area (Å²) >= 11 is 0. The van der Waals surface area contributed by atoms with Crippen LogP contribution in [0.5, 0.6) is 0 Å². The molecule has 5 nitrogen and oxygen atoms in total. The standard InChI is InChI=1S/C22H23N3O2/c1-15-5-9-17(10-6-15)20-23-21(27-24-20)19-4-3-13-25(14-19)22(26)18-11-7-16(2)8-12-18/h5-12,19H,3-4,13-14H2,1-2H3. The minimum absolute atomic E-state index is 0.0676. The molecule has 0 saturated carbocycles. The number of aromatic nitrogens is 2. The van der Waals surface area contributed by atoms with Crippen LogP contribution in [0.15, 0.2) is 53.1 Å². The molecule has 5 heteroatoms. The Bertz CT molecular complexity index is 929. The van der Waals surface area contributed by atoms with Gasteiger partial charge in [0.15, 0.2) is 0 Å². The summed E-state index contributed by atoms with van der Waals surface area (Å²) in [6, 6.07) is 15.8. The molecular weight excluding hydrogens is 338 g/mol. The first-order valence-electron chi connectivity index (χ1n) is 9.37. The van der Waals surface area contributed by atoms with Gasteiger partial charge in [0.05, 0.1) is 5.92 Å². The minimum atomic E-state index is 0.0676. The number of nitrogens with zero attached hydrogens (tertiary/aromatic N) is 3. The third-order valence-electron chi connectivity index (χ3n) is 5.11. The SMILES string of the molecule is Cc1ccc(C(=O)N2CCCC(c3nc(-c4ccc(C)cc4)no3)C2)cc1. The third-order valence-corrected chi connectivity index (χ3v) is 5.11. The summed E-state index contributed by atoms with van der Waals surface area (Å²) in [7, 11) is 0.